The van der Waals surface area contributed by atoms with E-state index in [9.17, 15) is 0 Å². The van der Waals surface area contributed by atoms with E-state index in [4.69, 9.17) is 0 Å². The fourth-order valence-corrected chi connectivity index (χ4v) is 3.15. The Labute approximate surface area is 132 Å². The summed E-state index contributed by atoms with van der Waals surface area (Å²) in [5.41, 5.74) is 2.76. The lowest BCUT2D eigenvalue weighted by atomic mass is 9.91. The van der Waals surface area contributed by atoms with Crippen LogP contribution in [0.1, 0.15) is 29.9 Å². The van der Waals surface area contributed by atoms with E-state index in [0.717, 1.165) is 18.9 Å². The third kappa shape index (κ3) is 3.63. The molecule has 2 aromatic heterocycles. The lowest BCUT2D eigenvalue weighted by Crippen LogP contribution is -2.34. The third-order valence-electron chi connectivity index (χ3n) is 4.36. The van der Waals surface area contributed by atoms with E-state index in [-0.39, 0.29) is 0 Å². The Bertz CT molecular complexity index is 597. The second-order valence-electron chi connectivity index (χ2n) is 6.27. The summed E-state index contributed by atoms with van der Waals surface area (Å²) >= 11 is 0. The molecule has 3 heterocycles. The monoisotopic (exact) mass is 296 g/mol. The van der Waals surface area contributed by atoms with Crippen molar-refractivity contribution in [3.05, 3.63) is 54.0 Å². The fourth-order valence-electron chi connectivity index (χ4n) is 3.15. The average Bonchev–Trinajstić information content (AvgIpc) is 2.56. The van der Waals surface area contributed by atoms with Crippen LogP contribution in [0, 0.1) is 0 Å². The Kier molecular flexibility index (Phi) is 4.68. The number of hydrogen-bond donors (Lipinski definition) is 0. The number of nitrogens with zero attached hydrogens (tertiary/aromatic N) is 4. The summed E-state index contributed by atoms with van der Waals surface area (Å²) in [5, 5.41) is 0. The number of pyridine rings is 2. The normalized spacial score (nSPS) is 19.1. The van der Waals surface area contributed by atoms with Crippen LogP contribution in [0.4, 0.5) is 5.82 Å². The van der Waals surface area contributed by atoms with Crippen LogP contribution in [-0.2, 0) is 6.54 Å². The quantitative estimate of drug-likeness (QED) is 0.868. The van der Waals surface area contributed by atoms with Gasteiger partial charge in [-0.2, -0.15) is 0 Å². The molecule has 0 saturated carbocycles. The number of likely N-dealkylation sites (tertiary alicyclic amines) is 1. The molecule has 3 rings (SSSR count). The number of hydrogen-bond acceptors (Lipinski definition) is 4. The lowest BCUT2D eigenvalue weighted by molar-refractivity contribution is 0.200. The first-order chi connectivity index (χ1) is 10.7. The van der Waals surface area contributed by atoms with Crippen LogP contribution < -0.4 is 4.90 Å². The van der Waals surface area contributed by atoms with Crippen LogP contribution in [-0.4, -0.2) is 42.1 Å². The standard InChI is InChI=1S/C18H24N4/c1-21(2)18-12-16(7-10-20-18)17-4-3-11-22(14-17)13-15-5-8-19-9-6-15/h5-10,12,17H,3-4,11,13-14H2,1-2H3. The summed E-state index contributed by atoms with van der Waals surface area (Å²) in [6.45, 7) is 3.33. The molecule has 1 unspecified atom stereocenters. The highest BCUT2D eigenvalue weighted by Crippen LogP contribution is 2.28. The Morgan fingerprint density at radius 3 is 2.77 bits per heavy atom. The third-order valence-corrected chi connectivity index (χ3v) is 4.36. The lowest BCUT2D eigenvalue weighted by Gasteiger charge is -2.33. The Balaban J connectivity index is 1.69. The van der Waals surface area contributed by atoms with E-state index in [1.54, 1.807) is 0 Å². The van der Waals surface area contributed by atoms with Gasteiger partial charge in [0.15, 0.2) is 0 Å². The Morgan fingerprint density at radius 1 is 1.18 bits per heavy atom. The highest BCUT2D eigenvalue weighted by molar-refractivity contribution is 5.40. The molecular weight excluding hydrogens is 272 g/mol. The van der Waals surface area contributed by atoms with E-state index in [1.165, 1.54) is 30.5 Å². The predicted molar refractivity (Wildman–Crippen MR) is 90.1 cm³/mol. The maximum absolute atomic E-state index is 4.43. The molecule has 1 aliphatic heterocycles. The molecule has 0 bridgehead atoms. The molecule has 4 heteroatoms. The zero-order chi connectivity index (χ0) is 15.4. The maximum atomic E-state index is 4.43. The molecule has 1 aliphatic rings. The van der Waals surface area contributed by atoms with Gasteiger partial charge in [0.25, 0.3) is 0 Å². The van der Waals surface area contributed by atoms with Gasteiger partial charge in [0.1, 0.15) is 5.82 Å². The first-order valence-corrected chi connectivity index (χ1v) is 7.97. The molecule has 0 aromatic carbocycles. The van der Waals surface area contributed by atoms with Gasteiger partial charge in [-0.05, 0) is 60.7 Å². The summed E-state index contributed by atoms with van der Waals surface area (Å²) in [6.07, 6.45) is 8.22. The SMILES string of the molecule is CN(C)c1cc(C2CCCN(Cc3ccncc3)C2)ccn1. The molecule has 1 atom stereocenters. The number of rotatable bonds is 4. The van der Waals surface area contributed by atoms with Gasteiger partial charge in [-0.1, -0.05) is 0 Å². The molecule has 1 saturated heterocycles. The van der Waals surface area contributed by atoms with Gasteiger partial charge < -0.3 is 4.90 Å². The van der Waals surface area contributed by atoms with Crippen molar-refractivity contribution in [1.29, 1.82) is 0 Å². The van der Waals surface area contributed by atoms with E-state index in [0.29, 0.717) is 5.92 Å². The summed E-state index contributed by atoms with van der Waals surface area (Å²) in [4.78, 5) is 13.1. The largest absolute Gasteiger partial charge is 0.363 e. The molecule has 4 nitrogen and oxygen atoms in total. The van der Waals surface area contributed by atoms with Crippen LogP contribution in [0.25, 0.3) is 0 Å². The van der Waals surface area contributed by atoms with Crippen molar-refractivity contribution in [2.45, 2.75) is 25.3 Å². The van der Waals surface area contributed by atoms with Crippen LogP contribution in [0.3, 0.4) is 0 Å². The van der Waals surface area contributed by atoms with Crippen LogP contribution in [0.2, 0.25) is 0 Å². The van der Waals surface area contributed by atoms with Crippen molar-refractivity contribution < 1.29 is 0 Å². The van der Waals surface area contributed by atoms with Gasteiger partial charge in [-0.3, -0.25) is 9.88 Å². The van der Waals surface area contributed by atoms with Crippen LogP contribution in [0.15, 0.2) is 42.9 Å². The first kappa shape index (κ1) is 15.0. The summed E-state index contributed by atoms with van der Waals surface area (Å²) < 4.78 is 0. The first-order valence-electron chi connectivity index (χ1n) is 7.97. The van der Waals surface area contributed by atoms with Crippen molar-refractivity contribution in [1.82, 2.24) is 14.9 Å². The minimum Gasteiger partial charge on any atom is -0.363 e. The highest BCUT2D eigenvalue weighted by Gasteiger charge is 2.21. The molecule has 2 aromatic rings. The Morgan fingerprint density at radius 2 is 2.00 bits per heavy atom. The number of aromatic nitrogens is 2. The van der Waals surface area contributed by atoms with E-state index < -0.39 is 0 Å². The number of anilines is 1. The highest BCUT2D eigenvalue weighted by atomic mass is 15.1. The average molecular weight is 296 g/mol. The Hall–Kier alpha value is -1.94. The molecule has 0 amide bonds. The summed E-state index contributed by atoms with van der Waals surface area (Å²) in [7, 11) is 4.09. The van der Waals surface area contributed by atoms with Crippen molar-refractivity contribution >= 4 is 5.82 Å². The van der Waals surface area contributed by atoms with Gasteiger partial charge >= 0.3 is 0 Å². The van der Waals surface area contributed by atoms with Gasteiger partial charge in [-0.15, -0.1) is 0 Å². The zero-order valence-electron chi connectivity index (χ0n) is 13.4. The molecular formula is C18H24N4. The molecule has 1 fully saturated rings. The predicted octanol–water partition coefficient (Wildman–Crippen LogP) is 2.92. The summed E-state index contributed by atoms with van der Waals surface area (Å²) in [5.74, 6) is 1.65. The van der Waals surface area contributed by atoms with Crippen LogP contribution in [0.5, 0.6) is 0 Å². The van der Waals surface area contributed by atoms with E-state index in [2.05, 4.69) is 44.0 Å². The minimum absolute atomic E-state index is 0.609. The smallest absolute Gasteiger partial charge is 0.128 e. The van der Waals surface area contributed by atoms with Crippen molar-refractivity contribution in [3.8, 4) is 0 Å². The van der Waals surface area contributed by atoms with Gasteiger partial charge in [-0.25, -0.2) is 4.98 Å². The van der Waals surface area contributed by atoms with Crippen molar-refractivity contribution in [2.24, 2.45) is 0 Å². The summed E-state index contributed by atoms with van der Waals surface area (Å²) in [6, 6.07) is 8.63. The van der Waals surface area contributed by atoms with E-state index >= 15 is 0 Å². The number of piperidine rings is 1. The fraction of sp³-hybridized carbons (Fsp3) is 0.444. The molecule has 116 valence electrons. The topological polar surface area (TPSA) is 32.3 Å². The maximum Gasteiger partial charge on any atom is 0.128 e. The van der Waals surface area contributed by atoms with Gasteiger partial charge in [0, 0.05) is 45.8 Å². The van der Waals surface area contributed by atoms with E-state index in [1.807, 2.05) is 32.7 Å². The molecule has 0 spiro atoms. The molecule has 22 heavy (non-hydrogen) atoms. The molecule has 0 aliphatic carbocycles. The van der Waals surface area contributed by atoms with Crippen LogP contribution >= 0.6 is 0 Å². The molecule has 0 radical (unpaired) electrons. The van der Waals surface area contributed by atoms with Crippen molar-refractivity contribution in [2.75, 3.05) is 32.1 Å². The molecule has 0 N–H and O–H groups in total. The van der Waals surface area contributed by atoms with Gasteiger partial charge in [0.05, 0.1) is 0 Å². The minimum atomic E-state index is 0.609. The second kappa shape index (κ2) is 6.88. The van der Waals surface area contributed by atoms with Gasteiger partial charge in [0.2, 0.25) is 0 Å². The zero-order valence-corrected chi connectivity index (χ0v) is 13.4. The second-order valence-corrected chi connectivity index (χ2v) is 6.27. The van der Waals surface area contributed by atoms with Crippen molar-refractivity contribution in [3.63, 3.8) is 0 Å².